The van der Waals surface area contributed by atoms with E-state index in [1.807, 2.05) is 13.8 Å². The molecule has 0 amide bonds. The Balaban J connectivity index is 3.02. The first-order valence-electron chi connectivity index (χ1n) is 5.60. The zero-order valence-electron chi connectivity index (χ0n) is 9.99. The lowest BCUT2D eigenvalue weighted by Crippen LogP contribution is -2.05. The summed E-state index contributed by atoms with van der Waals surface area (Å²) in [4.78, 5) is 11.5. The number of ether oxygens (including phenoxy) is 1. The summed E-state index contributed by atoms with van der Waals surface area (Å²) in [6.45, 7) is 6.19. The molecule has 16 heavy (non-hydrogen) atoms. The Morgan fingerprint density at radius 2 is 2.12 bits per heavy atom. The normalized spacial score (nSPS) is 12.2. The molecule has 1 rings (SSSR count). The largest absolute Gasteiger partial charge is 0.508 e. The molecule has 0 aliphatic carbocycles. The predicted molar refractivity (Wildman–Crippen MR) is 62.8 cm³/mol. The molecule has 0 saturated heterocycles. The van der Waals surface area contributed by atoms with Crippen molar-refractivity contribution in [2.75, 3.05) is 6.61 Å². The molecule has 1 aromatic rings. The van der Waals surface area contributed by atoms with E-state index in [4.69, 9.17) is 4.74 Å². The van der Waals surface area contributed by atoms with Crippen LogP contribution in [0.4, 0.5) is 0 Å². The lowest BCUT2D eigenvalue weighted by Gasteiger charge is -2.12. The van der Waals surface area contributed by atoms with Crippen LogP contribution in [0, 0.1) is 0 Å². The van der Waals surface area contributed by atoms with E-state index in [1.54, 1.807) is 25.1 Å². The molecule has 1 aromatic carbocycles. The maximum atomic E-state index is 11.5. The fourth-order valence-corrected chi connectivity index (χ4v) is 1.51. The number of benzene rings is 1. The van der Waals surface area contributed by atoms with Crippen molar-refractivity contribution >= 4 is 5.97 Å². The highest BCUT2D eigenvalue weighted by molar-refractivity contribution is 5.89. The molecule has 0 aliphatic heterocycles. The predicted octanol–water partition coefficient (Wildman–Crippen LogP) is 3.08. The monoisotopic (exact) mass is 222 g/mol. The van der Waals surface area contributed by atoms with Crippen molar-refractivity contribution in [3.8, 4) is 5.75 Å². The van der Waals surface area contributed by atoms with Crippen molar-refractivity contribution in [1.82, 2.24) is 0 Å². The average molecular weight is 222 g/mol. The van der Waals surface area contributed by atoms with Crippen LogP contribution in [0.15, 0.2) is 18.2 Å². The van der Waals surface area contributed by atoms with Gasteiger partial charge < -0.3 is 9.84 Å². The van der Waals surface area contributed by atoms with Crippen LogP contribution in [0.1, 0.15) is 49.0 Å². The second-order valence-electron chi connectivity index (χ2n) is 3.80. The third-order valence-corrected chi connectivity index (χ3v) is 2.68. The van der Waals surface area contributed by atoms with Gasteiger partial charge in [-0.15, -0.1) is 0 Å². The number of esters is 1. The summed E-state index contributed by atoms with van der Waals surface area (Å²) in [5.41, 5.74) is 1.29. The number of phenols is 1. The molecule has 0 radical (unpaired) electrons. The van der Waals surface area contributed by atoms with Gasteiger partial charge in [0.05, 0.1) is 12.2 Å². The minimum Gasteiger partial charge on any atom is -0.508 e. The van der Waals surface area contributed by atoms with Crippen LogP contribution in [0.5, 0.6) is 5.75 Å². The Kier molecular flexibility index (Phi) is 4.35. The lowest BCUT2D eigenvalue weighted by molar-refractivity contribution is 0.0526. The van der Waals surface area contributed by atoms with Crippen LogP contribution in [-0.4, -0.2) is 17.7 Å². The van der Waals surface area contributed by atoms with Crippen LogP contribution in [0.2, 0.25) is 0 Å². The standard InChI is InChI=1S/C13H18O3/c1-4-9(3)11-8-10(6-7-12(11)14)13(15)16-5-2/h6-9,14H,4-5H2,1-3H3. The molecule has 0 spiro atoms. The summed E-state index contributed by atoms with van der Waals surface area (Å²) < 4.78 is 4.92. The minimum absolute atomic E-state index is 0.231. The molecule has 0 bridgehead atoms. The van der Waals surface area contributed by atoms with Gasteiger partial charge in [-0.3, -0.25) is 0 Å². The lowest BCUT2D eigenvalue weighted by atomic mass is 9.96. The first-order chi connectivity index (χ1) is 7.60. The van der Waals surface area contributed by atoms with Crippen molar-refractivity contribution in [3.05, 3.63) is 29.3 Å². The average Bonchev–Trinajstić information content (AvgIpc) is 2.29. The highest BCUT2D eigenvalue weighted by atomic mass is 16.5. The van der Waals surface area contributed by atoms with Gasteiger partial charge in [0.2, 0.25) is 0 Å². The van der Waals surface area contributed by atoms with Gasteiger partial charge in [0, 0.05) is 0 Å². The van der Waals surface area contributed by atoms with Crippen molar-refractivity contribution in [1.29, 1.82) is 0 Å². The van der Waals surface area contributed by atoms with E-state index in [9.17, 15) is 9.90 Å². The van der Waals surface area contributed by atoms with Gasteiger partial charge >= 0.3 is 5.97 Å². The zero-order chi connectivity index (χ0) is 12.1. The fraction of sp³-hybridized carbons (Fsp3) is 0.462. The van der Waals surface area contributed by atoms with Gasteiger partial charge in [0.15, 0.2) is 0 Å². The van der Waals surface area contributed by atoms with Gasteiger partial charge in [-0.05, 0) is 43.0 Å². The number of rotatable bonds is 4. The highest BCUT2D eigenvalue weighted by Gasteiger charge is 2.13. The summed E-state index contributed by atoms with van der Waals surface area (Å²) in [6, 6.07) is 4.84. The van der Waals surface area contributed by atoms with E-state index < -0.39 is 0 Å². The number of carbonyl (C=O) groups excluding carboxylic acids is 1. The number of phenolic OH excluding ortho intramolecular Hbond substituents is 1. The Labute approximate surface area is 96.1 Å². The van der Waals surface area contributed by atoms with Gasteiger partial charge in [-0.1, -0.05) is 13.8 Å². The summed E-state index contributed by atoms with van der Waals surface area (Å²) in [6.07, 6.45) is 0.917. The van der Waals surface area contributed by atoms with Crippen molar-refractivity contribution in [2.45, 2.75) is 33.1 Å². The van der Waals surface area contributed by atoms with Gasteiger partial charge in [0.25, 0.3) is 0 Å². The quantitative estimate of drug-likeness (QED) is 0.796. The molecule has 0 aromatic heterocycles. The van der Waals surface area contributed by atoms with Crippen molar-refractivity contribution < 1.29 is 14.6 Å². The molecule has 0 saturated carbocycles. The SMILES string of the molecule is CCOC(=O)c1ccc(O)c(C(C)CC)c1. The third kappa shape index (κ3) is 2.75. The van der Waals surface area contributed by atoms with Gasteiger partial charge in [-0.25, -0.2) is 4.79 Å². The van der Waals surface area contributed by atoms with E-state index in [0.717, 1.165) is 12.0 Å². The molecule has 1 N–H and O–H groups in total. The Morgan fingerprint density at radius 1 is 1.44 bits per heavy atom. The second-order valence-corrected chi connectivity index (χ2v) is 3.80. The molecular formula is C13H18O3. The molecule has 1 atom stereocenters. The molecule has 0 fully saturated rings. The zero-order valence-corrected chi connectivity index (χ0v) is 9.99. The van der Waals surface area contributed by atoms with Crippen LogP contribution < -0.4 is 0 Å². The second kappa shape index (κ2) is 5.54. The van der Waals surface area contributed by atoms with E-state index in [-0.39, 0.29) is 17.6 Å². The van der Waals surface area contributed by atoms with Gasteiger partial charge in [-0.2, -0.15) is 0 Å². The maximum Gasteiger partial charge on any atom is 0.338 e. The van der Waals surface area contributed by atoms with Crippen molar-refractivity contribution in [2.24, 2.45) is 0 Å². The van der Waals surface area contributed by atoms with Crippen LogP contribution in [0.3, 0.4) is 0 Å². The van der Waals surface area contributed by atoms with Gasteiger partial charge in [0.1, 0.15) is 5.75 Å². The summed E-state index contributed by atoms with van der Waals surface area (Å²) in [5.74, 6) is 0.129. The van der Waals surface area contributed by atoms with E-state index in [2.05, 4.69) is 0 Å². The molecule has 3 nitrogen and oxygen atoms in total. The summed E-state index contributed by atoms with van der Waals surface area (Å²) >= 11 is 0. The van der Waals surface area contributed by atoms with E-state index in [0.29, 0.717) is 12.2 Å². The molecular weight excluding hydrogens is 204 g/mol. The number of carbonyl (C=O) groups is 1. The van der Waals surface area contributed by atoms with Crippen LogP contribution >= 0.6 is 0 Å². The molecule has 3 heteroatoms. The maximum absolute atomic E-state index is 11.5. The highest BCUT2D eigenvalue weighted by Crippen LogP contribution is 2.28. The molecule has 0 heterocycles. The first kappa shape index (κ1) is 12.6. The van der Waals surface area contributed by atoms with Crippen LogP contribution in [0.25, 0.3) is 0 Å². The molecule has 1 unspecified atom stereocenters. The first-order valence-corrected chi connectivity index (χ1v) is 5.60. The Morgan fingerprint density at radius 3 is 2.69 bits per heavy atom. The smallest absolute Gasteiger partial charge is 0.338 e. The molecule has 88 valence electrons. The third-order valence-electron chi connectivity index (χ3n) is 2.68. The van der Waals surface area contributed by atoms with E-state index >= 15 is 0 Å². The number of aromatic hydroxyl groups is 1. The summed E-state index contributed by atoms with van der Waals surface area (Å²) in [7, 11) is 0. The van der Waals surface area contributed by atoms with Crippen molar-refractivity contribution in [3.63, 3.8) is 0 Å². The Bertz CT molecular complexity index is 371. The van der Waals surface area contributed by atoms with E-state index in [1.165, 1.54) is 0 Å². The minimum atomic E-state index is -0.341. The topological polar surface area (TPSA) is 46.5 Å². The molecule has 0 aliphatic rings. The number of hydrogen-bond donors (Lipinski definition) is 1. The Hall–Kier alpha value is -1.51. The summed E-state index contributed by atoms with van der Waals surface area (Å²) in [5, 5.41) is 9.70. The number of hydrogen-bond acceptors (Lipinski definition) is 3. The van der Waals surface area contributed by atoms with Crippen LogP contribution in [-0.2, 0) is 4.74 Å². The fourth-order valence-electron chi connectivity index (χ4n) is 1.51.